The fourth-order valence-corrected chi connectivity index (χ4v) is 3.70. The molecule has 6 heteroatoms. The van der Waals surface area contributed by atoms with Crippen LogP contribution < -0.4 is 15.6 Å². The molecule has 0 fully saturated rings. The second kappa shape index (κ2) is 7.88. The number of anilines is 1. The maximum Gasteiger partial charge on any atom is 0.265 e. The zero-order valence-corrected chi connectivity index (χ0v) is 16.4. The molecule has 4 rings (SSSR count). The Labute approximate surface area is 168 Å². The maximum atomic E-state index is 12.4. The molecule has 2 heterocycles. The summed E-state index contributed by atoms with van der Waals surface area (Å²) in [6, 6.07) is 20.2. The molecular weight excluding hydrogens is 368 g/mol. The van der Waals surface area contributed by atoms with E-state index < -0.39 is 0 Å². The summed E-state index contributed by atoms with van der Waals surface area (Å²) in [4.78, 5) is 20.3. The lowest BCUT2D eigenvalue weighted by atomic mass is 9.96. The average molecular weight is 388 g/mol. The van der Waals surface area contributed by atoms with E-state index in [1.807, 2.05) is 49.4 Å². The Bertz CT molecular complexity index is 1050. The van der Waals surface area contributed by atoms with Crippen molar-refractivity contribution in [1.29, 1.82) is 0 Å². The van der Waals surface area contributed by atoms with Crippen LogP contribution in [-0.4, -0.2) is 10.9 Å². The van der Waals surface area contributed by atoms with Gasteiger partial charge in [-0.3, -0.25) is 9.78 Å². The lowest BCUT2D eigenvalue weighted by molar-refractivity contribution is -0.112. The van der Waals surface area contributed by atoms with Gasteiger partial charge in [0.25, 0.3) is 5.91 Å². The molecule has 0 atom stereocenters. The number of carbonyl (C=O) groups excluding carboxylic acids is 1. The van der Waals surface area contributed by atoms with Gasteiger partial charge < -0.3 is 10.7 Å². The highest BCUT2D eigenvalue weighted by molar-refractivity contribution is 8.02. The van der Waals surface area contributed by atoms with Crippen LogP contribution in [0.15, 0.2) is 77.5 Å². The highest BCUT2D eigenvalue weighted by Crippen LogP contribution is 2.30. The molecule has 1 aromatic heterocycles. The van der Waals surface area contributed by atoms with Gasteiger partial charge in [-0.15, -0.1) is 0 Å². The molecule has 0 aliphatic carbocycles. The molecule has 1 aliphatic heterocycles. The van der Waals surface area contributed by atoms with Gasteiger partial charge in [0.1, 0.15) is 4.91 Å². The first kappa shape index (κ1) is 18.3. The summed E-state index contributed by atoms with van der Waals surface area (Å²) in [6.07, 6.45) is 1.80. The Kier molecular flexibility index (Phi) is 5.14. The summed E-state index contributed by atoms with van der Waals surface area (Å²) in [5, 5.41) is 2.94. The van der Waals surface area contributed by atoms with E-state index in [4.69, 9.17) is 0 Å². The first-order valence-corrected chi connectivity index (χ1v) is 9.76. The van der Waals surface area contributed by atoms with Gasteiger partial charge in [0.05, 0.1) is 5.69 Å². The van der Waals surface area contributed by atoms with E-state index in [1.54, 1.807) is 6.20 Å². The van der Waals surface area contributed by atoms with Crippen molar-refractivity contribution in [2.24, 2.45) is 0 Å². The van der Waals surface area contributed by atoms with Crippen LogP contribution in [0.4, 0.5) is 5.69 Å². The van der Waals surface area contributed by atoms with E-state index in [1.165, 1.54) is 17.5 Å². The molecule has 0 radical (unpaired) electrons. The van der Waals surface area contributed by atoms with Gasteiger partial charge >= 0.3 is 0 Å². The van der Waals surface area contributed by atoms with Gasteiger partial charge in [-0.05, 0) is 72.8 Å². The molecule has 0 unspecified atom stereocenters. The van der Waals surface area contributed by atoms with Crippen LogP contribution in [0.1, 0.15) is 12.5 Å². The minimum absolute atomic E-state index is 0.124. The number of aryl methyl sites for hydroxylation is 1. The molecule has 0 saturated heterocycles. The molecule has 0 saturated carbocycles. The van der Waals surface area contributed by atoms with E-state index in [2.05, 4.69) is 45.7 Å². The quantitative estimate of drug-likeness (QED) is 0.568. The SMILES string of the molecule is CC1=C(C(=O)Nc2ccc(-c3cc(-c4ccccn4)ccc3C)cc2)SNN1. The maximum absolute atomic E-state index is 12.4. The number of nitrogens with one attached hydrogen (secondary N) is 3. The fraction of sp³-hybridized carbons (Fsp3) is 0.0909. The summed E-state index contributed by atoms with van der Waals surface area (Å²) in [5.74, 6) is -0.124. The van der Waals surface area contributed by atoms with Crippen LogP contribution in [0.5, 0.6) is 0 Å². The number of allylic oxidation sites excluding steroid dienone is 1. The Morgan fingerprint density at radius 3 is 2.46 bits per heavy atom. The number of pyridine rings is 1. The van der Waals surface area contributed by atoms with E-state index in [0.29, 0.717) is 4.91 Å². The number of benzene rings is 2. The summed E-state index contributed by atoms with van der Waals surface area (Å²) in [7, 11) is 0. The molecule has 1 aliphatic rings. The van der Waals surface area contributed by atoms with Gasteiger partial charge in [-0.1, -0.05) is 30.3 Å². The first-order valence-electron chi connectivity index (χ1n) is 8.94. The van der Waals surface area contributed by atoms with E-state index in [0.717, 1.165) is 33.8 Å². The number of rotatable bonds is 4. The van der Waals surface area contributed by atoms with Crippen molar-refractivity contribution in [2.75, 3.05) is 5.32 Å². The van der Waals surface area contributed by atoms with Gasteiger partial charge in [0.15, 0.2) is 0 Å². The molecule has 1 amide bonds. The number of aromatic nitrogens is 1. The third-order valence-corrected chi connectivity index (χ3v) is 5.49. The zero-order valence-electron chi connectivity index (χ0n) is 15.6. The minimum Gasteiger partial charge on any atom is -0.321 e. The van der Waals surface area contributed by atoms with Crippen molar-refractivity contribution in [3.63, 3.8) is 0 Å². The molecule has 5 nitrogen and oxygen atoms in total. The molecule has 3 N–H and O–H groups in total. The Morgan fingerprint density at radius 1 is 1.00 bits per heavy atom. The molecule has 0 bridgehead atoms. The number of hydrogen-bond acceptors (Lipinski definition) is 5. The van der Waals surface area contributed by atoms with Crippen LogP contribution in [-0.2, 0) is 4.79 Å². The van der Waals surface area contributed by atoms with Crippen LogP contribution in [0.3, 0.4) is 0 Å². The normalized spacial score (nSPS) is 13.4. The smallest absolute Gasteiger partial charge is 0.265 e. The van der Waals surface area contributed by atoms with E-state index >= 15 is 0 Å². The van der Waals surface area contributed by atoms with Crippen molar-refractivity contribution < 1.29 is 4.79 Å². The molecule has 0 spiro atoms. The minimum atomic E-state index is -0.124. The van der Waals surface area contributed by atoms with Gasteiger partial charge in [0, 0.05) is 23.1 Å². The van der Waals surface area contributed by atoms with Gasteiger partial charge in [-0.25, -0.2) is 0 Å². The highest BCUT2D eigenvalue weighted by atomic mass is 32.2. The van der Waals surface area contributed by atoms with Crippen molar-refractivity contribution in [1.82, 2.24) is 15.2 Å². The number of carbonyl (C=O) groups is 1. The topological polar surface area (TPSA) is 66.0 Å². The number of amides is 1. The fourth-order valence-electron chi connectivity index (χ4n) is 3.05. The highest BCUT2D eigenvalue weighted by Gasteiger charge is 2.19. The van der Waals surface area contributed by atoms with Crippen LogP contribution in [0.25, 0.3) is 22.4 Å². The lowest BCUT2D eigenvalue weighted by Crippen LogP contribution is -2.16. The monoisotopic (exact) mass is 388 g/mol. The average Bonchev–Trinajstić information content (AvgIpc) is 3.16. The zero-order chi connectivity index (χ0) is 19.5. The van der Waals surface area contributed by atoms with Crippen molar-refractivity contribution in [2.45, 2.75) is 13.8 Å². The Balaban J connectivity index is 1.57. The number of nitrogens with zero attached hydrogens (tertiary/aromatic N) is 1. The second-order valence-corrected chi connectivity index (χ2v) is 7.38. The van der Waals surface area contributed by atoms with Gasteiger partial charge in [-0.2, -0.15) is 4.83 Å². The van der Waals surface area contributed by atoms with Crippen LogP contribution in [0, 0.1) is 6.92 Å². The predicted octanol–water partition coefficient (Wildman–Crippen LogP) is 4.65. The molecule has 2 aromatic carbocycles. The van der Waals surface area contributed by atoms with Crippen molar-refractivity contribution in [3.8, 4) is 22.4 Å². The summed E-state index contributed by atoms with van der Waals surface area (Å²) < 4.78 is 0. The summed E-state index contributed by atoms with van der Waals surface area (Å²) >= 11 is 1.28. The van der Waals surface area contributed by atoms with Crippen LogP contribution >= 0.6 is 11.9 Å². The number of hydrogen-bond donors (Lipinski definition) is 3. The number of hydrazine groups is 1. The van der Waals surface area contributed by atoms with Crippen molar-refractivity contribution in [3.05, 3.63) is 83.0 Å². The van der Waals surface area contributed by atoms with E-state index in [-0.39, 0.29) is 5.91 Å². The molecular formula is C22H20N4OS. The Hall–Kier alpha value is -3.09. The Morgan fingerprint density at radius 2 is 1.79 bits per heavy atom. The summed E-state index contributed by atoms with van der Waals surface area (Å²) in [6.45, 7) is 3.96. The summed E-state index contributed by atoms with van der Waals surface area (Å²) in [5.41, 5.74) is 9.98. The van der Waals surface area contributed by atoms with Crippen LogP contribution in [0.2, 0.25) is 0 Å². The molecule has 28 heavy (non-hydrogen) atoms. The van der Waals surface area contributed by atoms with Gasteiger partial charge in [0.2, 0.25) is 0 Å². The molecule has 3 aromatic rings. The van der Waals surface area contributed by atoms with E-state index in [9.17, 15) is 4.79 Å². The van der Waals surface area contributed by atoms with Crippen molar-refractivity contribution >= 4 is 23.5 Å². The second-order valence-electron chi connectivity index (χ2n) is 6.56. The standard InChI is InChI=1S/C22H20N4OS/c1-14-6-7-17(20-5-3-4-12-23-20)13-19(14)16-8-10-18(11-9-16)24-22(27)21-15(2)25-26-28-21/h3-13,25-26H,1-2H3,(H,24,27). The predicted molar refractivity (Wildman–Crippen MR) is 115 cm³/mol. The third-order valence-electron chi connectivity index (χ3n) is 4.59. The third kappa shape index (κ3) is 3.78. The largest absolute Gasteiger partial charge is 0.321 e. The molecule has 140 valence electrons. The lowest BCUT2D eigenvalue weighted by Gasteiger charge is -2.11. The first-order chi connectivity index (χ1) is 13.6.